The normalized spacial score (nSPS) is 14.0. The van der Waals surface area contributed by atoms with Crippen LogP contribution in [0.5, 0.6) is 0 Å². The molecule has 3 N–H and O–H groups in total. The molecule has 2 rings (SSSR count). The molecule has 7 heteroatoms. The number of fused-ring (bicyclic) bond motifs is 1. The van der Waals surface area contributed by atoms with E-state index in [4.69, 9.17) is 0 Å². The third-order valence-corrected chi connectivity index (χ3v) is 4.64. The smallest absolute Gasteiger partial charge is 0.233 e. The fraction of sp³-hybridized carbons (Fsp3) is 0.550. The van der Waals surface area contributed by atoms with Crippen molar-refractivity contribution in [3.05, 3.63) is 30.1 Å². The molecular formula is C20H30N4O3. The standard InChI is InChI=1S/C20H30N4O3/c1-5-6-9-14(12-24(27)13-25)19(26)23-17(20(2,3)4)18-21-15-10-7-8-11-16(15)22-18/h7-8,10-11,13-14,17,27H,5-6,9,12H2,1-4H3,(H,21,22)(H,23,26). The molecule has 0 spiro atoms. The van der Waals surface area contributed by atoms with Gasteiger partial charge in [0.2, 0.25) is 12.3 Å². The van der Waals surface area contributed by atoms with Crippen molar-refractivity contribution >= 4 is 23.4 Å². The van der Waals surface area contributed by atoms with Crippen molar-refractivity contribution in [2.45, 2.75) is 53.0 Å². The number of nitrogens with zero attached hydrogens (tertiary/aromatic N) is 2. The number of imidazole rings is 1. The lowest BCUT2D eigenvalue weighted by Gasteiger charge is -2.31. The van der Waals surface area contributed by atoms with E-state index in [0.29, 0.717) is 23.7 Å². The summed E-state index contributed by atoms with van der Waals surface area (Å²) in [6.45, 7) is 8.13. The minimum Gasteiger partial charge on any atom is -0.345 e. The number of hydrogen-bond donors (Lipinski definition) is 3. The lowest BCUT2D eigenvalue weighted by atomic mass is 9.85. The van der Waals surface area contributed by atoms with Crippen LogP contribution in [0.1, 0.15) is 58.8 Å². The maximum atomic E-state index is 12.9. The highest BCUT2D eigenvalue weighted by Gasteiger charge is 2.33. The molecule has 0 aliphatic rings. The van der Waals surface area contributed by atoms with Crippen LogP contribution in [0.4, 0.5) is 0 Å². The Morgan fingerprint density at radius 1 is 1.37 bits per heavy atom. The number of hydrogen-bond acceptors (Lipinski definition) is 4. The lowest BCUT2D eigenvalue weighted by Crippen LogP contribution is -2.43. The number of rotatable bonds is 9. The number of aromatic amines is 1. The topological polar surface area (TPSA) is 98.3 Å². The van der Waals surface area contributed by atoms with Gasteiger partial charge >= 0.3 is 0 Å². The van der Waals surface area contributed by atoms with Gasteiger partial charge in [-0.05, 0) is 24.0 Å². The number of nitrogens with one attached hydrogen (secondary N) is 2. The molecule has 1 aromatic heterocycles. The van der Waals surface area contributed by atoms with Crippen molar-refractivity contribution in [2.75, 3.05) is 6.54 Å². The zero-order chi connectivity index (χ0) is 20.0. The van der Waals surface area contributed by atoms with E-state index in [1.165, 1.54) is 0 Å². The van der Waals surface area contributed by atoms with Gasteiger partial charge < -0.3 is 10.3 Å². The number of amides is 2. The number of para-hydroxylation sites is 2. The van der Waals surface area contributed by atoms with Gasteiger partial charge in [-0.3, -0.25) is 14.8 Å². The molecule has 1 heterocycles. The quantitative estimate of drug-likeness (QED) is 0.356. The van der Waals surface area contributed by atoms with Crippen LogP contribution in [0.2, 0.25) is 0 Å². The van der Waals surface area contributed by atoms with Crippen LogP contribution in [0.3, 0.4) is 0 Å². The molecule has 2 unspecified atom stereocenters. The van der Waals surface area contributed by atoms with Gasteiger partial charge in [-0.25, -0.2) is 10.0 Å². The summed E-state index contributed by atoms with van der Waals surface area (Å²) in [6, 6.07) is 7.41. The Morgan fingerprint density at radius 3 is 2.67 bits per heavy atom. The summed E-state index contributed by atoms with van der Waals surface area (Å²) in [5.41, 5.74) is 1.49. The summed E-state index contributed by atoms with van der Waals surface area (Å²) in [5, 5.41) is 13.2. The van der Waals surface area contributed by atoms with Gasteiger partial charge in [-0.15, -0.1) is 0 Å². The maximum Gasteiger partial charge on any atom is 0.233 e. The van der Waals surface area contributed by atoms with Crippen LogP contribution in [0.15, 0.2) is 24.3 Å². The predicted octanol–water partition coefficient (Wildman–Crippen LogP) is 3.42. The Balaban J connectivity index is 2.25. The molecule has 148 valence electrons. The number of unbranched alkanes of at least 4 members (excludes halogenated alkanes) is 1. The van der Waals surface area contributed by atoms with Gasteiger partial charge in [0, 0.05) is 0 Å². The molecular weight excluding hydrogens is 344 g/mol. The van der Waals surface area contributed by atoms with Crippen LogP contribution >= 0.6 is 0 Å². The summed E-state index contributed by atoms with van der Waals surface area (Å²) in [6.07, 6.45) is 2.70. The van der Waals surface area contributed by atoms with E-state index in [0.717, 1.165) is 23.9 Å². The van der Waals surface area contributed by atoms with Gasteiger partial charge in [0.25, 0.3) is 0 Å². The number of carbonyl (C=O) groups is 2. The number of carbonyl (C=O) groups excluding carboxylic acids is 2. The van der Waals surface area contributed by atoms with Gasteiger partial charge in [0.1, 0.15) is 5.82 Å². The van der Waals surface area contributed by atoms with Crippen molar-refractivity contribution < 1.29 is 14.8 Å². The van der Waals surface area contributed by atoms with Gasteiger partial charge in [0.05, 0.1) is 29.5 Å². The number of benzene rings is 1. The summed E-state index contributed by atoms with van der Waals surface area (Å²) < 4.78 is 0. The van der Waals surface area contributed by atoms with Crippen molar-refractivity contribution in [2.24, 2.45) is 11.3 Å². The summed E-state index contributed by atoms with van der Waals surface area (Å²) in [5.74, 6) is 0.0293. The highest BCUT2D eigenvalue weighted by atomic mass is 16.5. The SMILES string of the molecule is CCCCC(CN(O)C=O)C(=O)NC(c1nc2ccccc2[nH]1)C(C)(C)C. The van der Waals surface area contributed by atoms with E-state index in [-0.39, 0.29) is 23.9 Å². The van der Waals surface area contributed by atoms with E-state index in [1.54, 1.807) is 0 Å². The molecule has 7 nitrogen and oxygen atoms in total. The first-order valence-electron chi connectivity index (χ1n) is 9.42. The fourth-order valence-electron chi connectivity index (χ4n) is 3.09. The average molecular weight is 374 g/mol. The van der Waals surface area contributed by atoms with Gasteiger partial charge in [-0.1, -0.05) is 52.7 Å². The maximum absolute atomic E-state index is 12.9. The van der Waals surface area contributed by atoms with Crippen LogP contribution in [-0.4, -0.2) is 39.1 Å². The average Bonchev–Trinajstić information content (AvgIpc) is 3.05. The second kappa shape index (κ2) is 8.99. The summed E-state index contributed by atoms with van der Waals surface area (Å²) in [7, 11) is 0. The minimum absolute atomic E-state index is 0.0215. The molecule has 0 fully saturated rings. The Hall–Kier alpha value is -2.41. The number of aromatic nitrogens is 2. The zero-order valence-electron chi connectivity index (χ0n) is 16.5. The van der Waals surface area contributed by atoms with Crippen LogP contribution in [-0.2, 0) is 9.59 Å². The monoisotopic (exact) mass is 374 g/mol. The first-order chi connectivity index (χ1) is 12.8. The Kier molecular flexibility index (Phi) is 6.96. The molecule has 0 radical (unpaired) electrons. The van der Waals surface area contributed by atoms with Crippen molar-refractivity contribution in [1.82, 2.24) is 20.3 Å². The van der Waals surface area contributed by atoms with Crippen LogP contribution in [0.25, 0.3) is 11.0 Å². The molecule has 2 aromatic rings. The minimum atomic E-state index is -0.477. The number of hydroxylamine groups is 2. The zero-order valence-corrected chi connectivity index (χ0v) is 16.5. The second-order valence-electron chi connectivity index (χ2n) is 8.01. The van der Waals surface area contributed by atoms with Crippen molar-refractivity contribution in [3.63, 3.8) is 0 Å². The van der Waals surface area contributed by atoms with Crippen LogP contribution in [0, 0.1) is 11.3 Å². The second-order valence-corrected chi connectivity index (χ2v) is 8.01. The summed E-state index contributed by atoms with van der Waals surface area (Å²) >= 11 is 0. The Bertz CT molecular complexity index is 733. The molecule has 1 aromatic carbocycles. The molecule has 0 aliphatic carbocycles. The number of H-pyrrole nitrogens is 1. The Morgan fingerprint density at radius 2 is 2.07 bits per heavy atom. The largest absolute Gasteiger partial charge is 0.345 e. The molecule has 0 bridgehead atoms. The van der Waals surface area contributed by atoms with E-state index < -0.39 is 5.92 Å². The predicted molar refractivity (Wildman–Crippen MR) is 104 cm³/mol. The van der Waals surface area contributed by atoms with E-state index in [2.05, 4.69) is 15.3 Å². The van der Waals surface area contributed by atoms with E-state index in [1.807, 2.05) is 52.0 Å². The first-order valence-corrected chi connectivity index (χ1v) is 9.42. The first kappa shape index (κ1) is 20.9. The van der Waals surface area contributed by atoms with E-state index in [9.17, 15) is 14.8 Å². The van der Waals surface area contributed by atoms with Gasteiger partial charge in [0.15, 0.2) is 0 Å². The van der Waals surface area contributed by atoms with E-state index >= 15 is 0 Å². The third kappa shape index (κ3) is 5.53. The molecule has 2 amide bonds. The fourth-order valence-corrected chi connectivity index (χ4v) is 3.09. The van der Waals surface area contributed by atoms with Crippen molar-refractivity contribution in [1.29, 1.82) is 0 Å². The molecule has 0 saturated carbocycles. The Labute approximate surface area is 160 Å². The molecule has 27 heavy (non-hydrogen) atoms. The van der Waals surface area contributed by atoms with Crippen LogP contribution < -0.4 is 5.32 Å². The van der Waals surface area contributed by atoms with Gasteiger partial charge in [-0.2, -0.15) is 0 Å². The highest BCUT2D eigenvalue weighted by Crippen LogP contribution is 2.32. The van der Waals surface area contributed by atoms with Crippen molar-refractivity contribution in [3.8, 4) is 0 Å². The summed E-state index contributed by atoms with van der Waals surface area (Å²) in [4.78, 5) is 31.7. The lowest BCUT2D eigenvalue weighted by molar-refractivity contribution is -0.155. The molecule has 0 aliphatic heterocycles. The molecule has 2 atom stereocenters. The highest BCUT2D eigenvalue weighted by molar-refractivity contribution is 5.80. The molecule has 0 saturated heterocycles. The third-order valence-electron chi connectivity index (χ3n) is 4.64.